The van der Waals surface area contributed by atoms with E-state index in [0.29, 0.717) is 6.54 Å². The van der Waals surface area contributed by atoms with Crippen LogP contribution < -0.4 is 5.32 Å². The van der Waals surface area contributed by atoms with E-state index in [0.717, 1.165) is 23.1 Å². The van der Waals surface area contributed by atoms with Gasteiger partial charge in [0.1, 0.15) is 5.82 Å². The molecule has 80 valence electrons. The van der Waals surface area contributed by atoms with E-state index in [2.05, 4.69) is 31.2 Å². The van der Waals surface area contributed by atoms with Gasteiger partial charge in [-0.1, -0.05) is 0 Å². The molecule has 2 rings (SSSR count). The van der Waals surface area contributed by atoms with Crippen LogP contribution in [0.15, 0.2) is 16.9 Å². The van der Waals surface area contributed by atoms with Crippen molar-refractivity contribution in [1.29, 1.82) is 0 Å². The monoisotopic (exact) mass is 269 g/mol. The van der Waals surface area contributed by atoms with Crippen molar-refractivity contribution in [2.45, 2.75) is 25.2 Å². The maximum Gasteiger partial charge on any atom is 0.216 e. The zero-order chi connectivity index (χ0) is 10.9. The van der Waals surface area contributed by atoms with Crippen molar-refractivity contribution >= 4 is 21.8 Å². The molecule has 0 spiro atoms. The SMILES string of the molecule is CC(=O)NCC1(c2ncc(Br)cn2)CC1. The molecule has 1 aromatic rings. The van der Waals surface area contributed by atoms with Gasteiger partial charge in [-0.05, 0) is 28.8 Å². The van der Waals surface area contributed by atoms with Crippen molar-refractivity contribution < 1.29 is 4.79 Å². The molecule has 1 saturated carbocycles. The first-order valence-corrected chi connectivity index (χ1v) is 5.64. The summed E-state index contributed by atoms with van der Waals surface area (Å²) in [4.78, 5) is 19.4. The van der Waals surface area contributed by atoms with E-state index in [1.807, 2.05) is 0 Å². The Kier molecular flexibility index (Phi) is 2.73. The molecule has 0 unspecified atom stereocenters. The summed E-state index contributed by atoms with van der Waals surface area (Å²) >= 11 is 3.30. The summed E-state index contributed by atoms with van der Waals surface area (Å²) in [5.74, 6) is 0.831. The van der Waals surface area contributed by atoms with Crippen LogP contribution in [0.25, 0.3) is 0 Å². The van der Waals surface area contributed by atoms with Gasteiger partial charge in [-0.3, -0.25) is 4.79 Å². The van der Waals surface area contributed by atoms with E-state index < -0.39 is 0 Å². The second-order valence-corrected chi connectivity index (χ2v) is 4.83. The van der Waals surface area contributed by atoms with Crippen LogP contribution in [-0.4, -0.2) is 22.4 Å². The minimum Gasteiger partial charge on any atom is -0.355 e. The Bertz CT molecular complexity index is 373. The lowest BCUT2D eigenvalue weighted by atomic mass is 10.1. The maximum atomic E-state index is 10.8. The van der Waals surface area contributed by atoms with Crippen LogP contribution in [-0.2, 0) is 10.2 Å². The van der Waals surface area contributed by atoms with Gasteiger partial charge >= 0.3 is 0 Å². The van der Waals surface area contributed by atoms with Crippen LogP contribution in [0.5, 0.6) is 0 Å². The molecule has 15 heavy (non-hydrogen) atoms. The largest absolute Gasteiger partial charge is 0.355 e. The number of amides is 1. The number of carbonyl (C=O) groups is 1. The van der Waals surface area contributed by atoms with Crippen molar-refractivity contribution in [3.8, 4) is 0 Å². The lowest BCUT2D eigenvalue weighted by Gasteiger charge is -2.13. The van der Waals surface area contributed by atoms with E-state index in [1.54, 1.807) is 12.4 Å². The van der Waals surface area contributed by atoms with Gasteiger partial charge in [0, 0.05) is 31.3 Å². The molecule has 1 amide bonds. The maximum absolute atomic E-state index is 10.8. The number of nitrogens with one attached hydrogen (secondary N) is 1. The fourth-order valence-corrected chi connectivity index (χ4v) is 1.71. The molecule has 1 heterocycles. The van der Waals surface area contributed by atoms with Crippen molar-refractivity contribution in [2.24, 2.45) is 0 Å². The van der Waals surface area contributed by atoms with Crippen LogP contribution in [0.2, 0.25) is 0 Å². The molecule has 4 nitrogen and oxygen atoms in total. The Labute approximate surface area is 96.6 Å². The fraction of sp³-hybridized carbons (Fsp3) is 0.500. The highest BCUT2D eigenvalue weighted by Gasteiger charge is 2.46. The molecule has 0 saturated heterocycles. The predicted octanol–water partition coefficient (Wildman–Crippen LogP) is 1.41. The molecule has 0 radical (unpaired) electrons. The molecule has 1 N–H and O–H groups in total. The van der Waals surface area contributed by atoms with Crippen molar-refractivity contribution in [3.05, 3.63) is 22.7 Å². The zero-order valence-corrected chi connectivity index (χ0v) is 10.0. The second kappa shape index (κ2) is 3.89. The normalized spacial score (nSPS) is 17.2. The number of carbonyl (C=O) groups excluding carboxylic acids is 1. The van der Waals surface area contributed by atoms with Crippen molar-refractivity contribution in [1.82, 2.24) is 15.3 Å². The van der Waals surface area contributed by atoms with E-state index in [1.165, 1.54) is 6.92 Å². The number of hydrogen-bond donors (Lipinski definition) is 1. The number of halogens is 1. The smallest absolute Gasteiger partial charge is 0.216 e. The van der Waals surface area contributed by atoms with Crippen molar-refractivity contribution in [2.75, 3.05) is 6.54 Å². The predicted molar refractivity (Wildman–Crippen MR) is 59.3 cm³/mol. The first-order valence-electron chi connectivity index (χ1n) is 4.85. The van der Waals surface area contributed by atoms with E-state index in [9.17, 15) is 4.79 Å². The first kappa shape index (κ1) is 10.5. The first-order chi connectivity index (χ1) is 7.12. The Morgan fingerprint density at radius 1 is 1.53 bits per heavy atom. The molecule has 1 aliphatic carbocycles. The molecule has 0 aliphatic heterocycles. The van der Waals surface area contributed by atoms with Gasteiger partial charge in [0.05, 0.1) is 4.47 Å². The van der Waals surface area contributed by atoms with Crippen molar-refractivity contribution in [3.63, 3.8) is 0 Å². The Morgan fingerprint density at radius 2 is 2.13 bits per heavy atom. The van der Waals surface area contributed by atoms with Crippen LogP contribution in [0.1, 0.15) is 25.6 Å². The van der Waals surface area contributed by atoms with E-state index in [4.69, 9.17) is 0 Å². The van der Waals surface area contributed by atoms with Gasteiger partial charge in [0.15, 0.2) is 0 Å². The van der Waals surface area contributed by atoms with E-state index in [-0.39, 0.29) is 11.3 Å². The summed E-state index contributed by atoms with van der Waals surface area (Å²) < 4.78 is 0.876. The van der Waals surface area contributed by atoms with Gasteiger partial charge in [-0.15, -0.1) is 0 Å². The summed E-state index contributed by atoms with van der Waals surface area (Å²) in [5, 5.41) is 2.83. The molecule has 1 fully saturated rings. The molecular weight excluding hydrogens is 258 g/mol. The number of hydrogen-bond acceptors (Lipinski definition) is 3. The highest BCUT2D eigenvalue weighted by atomic mass is 79.9. The lowest BCUT2D eigenvalue weighted by Crippen LogP contribution is -2.31. The van der Waals surface area contributed by atoms with Crippen LogP contribution in [0, 0.1) is 0 Å². The van der Waals surface area contributed by atoms with Gasteiger partial charge in [0.2, 0.25) is 5.91 Å². The Morgan fingerprint density at radius 3 is 2.60 bits per heavy atom. The summed E-state index contributed by atoms with van der Waals surface area (Å²) in [5.41, 5.74) is -0.00757. The zero-order valence-electron chi connectivity index (χ0n) is 8.46. The quantitative estimate of drug-likeness (QED) is 0.903. The number of rotatable bonds is 3. The van der Waals surface area contributed by atoms with E-state index >= 15 is 0 Å². The molecule has 0 aromatic carbocycles. The molecular formula is C10H12BrN3O. The highest BCUT2D eigenvalue weighted by Crippen LogP contribution is 2.45. The van der Waals surface area contributed by atoms with Crippen LogP contribution >= 0.6 is 15.9 Å². The minimum atomic E-state index is -0.00757. The second-order valence-electron chi connectivity index (χ2n) is 3.91. The summed E-state index contributed by atoms with van der Waals surface area (Å²) in [6, 6.07) is 0. The number of nitrogens with zero attached hydrogens (tertiary/aromatic N) is 2. The third kappa shape index (κ3) is 2.34. The van der Waals surface area contributed by atoms with Gasteiger partial charge < -0.3 is 5.32 Å². The Balaban J connectivity index is 2.09. The fourth-order valence-electron chi connectivity index (χ4n) is 1.51. The number of aromatic nitrogens is 2. The lowest BCUT2D eigenvalue weighted by molar-refractivity contribution is -0.119. The molecule has 0 atom stereocenters. The van der Waals surface area contributed by atoms with Gasteiger partial charge in [-0.2, -0.15) is 0 Å². The van der Waals surface area contributed by atoms with Crippen LogP contribution in [0.4, 0.5) is 0 Å². The molecule has 1 aromatic heterocycles. The third-order valence-electron chi connectivity index (χ3n) is 2.62. The average Bonchev–Trinajstić information content (AvgIpc) is 2.97. The standard InChI is InChI=1S/C10H12BrN3O/c1-7(15)14-6-10(2-3-10)9-12-4-8(11)5-13-9/h4-5H,2-3,6H2,1H3,(H,14,15). The Hall–Kier alpha value is -0.970. The minimum absolute atomic E-state index is 0.00149. The summed E-state index contributed by atoms with van der Waals surface area (Å²) in [7, 11) is 0. The topological polar surface area (TPSA) is 54.9 Å². The summed E-state index contributed by atoms with van der Waals surface area (Å²) in [6.45, 7) is 2.17. The van der Waals surface area contributed by atoms with Gasteiger partial charge in [-0.25, -0.2) is 9.97 Å². The van der Waals surface area contributed by atoms with Gasteiger partial charge in [0.25, 0.3) is 0 Å². The molecule has 1 aliphatic rings. The molecule has 0 bridgehead atoms. The third-order valence-corrected chi connectivity index (χ3v) is 3.03. The highest BCUT2D eigenvalue weighted by molar-refractivity contribution is 9.10. The average molecular weight is 270 g/mol. The summed E-state index contributed by atoms with van der Waals surface area (Å²) in [6.07, 6.45) is 5.59. The van der Waals surface area contributed by atoms with Crippen LogP contribution in [0.3, 0.4) is 0 Å². The molecule has 5 heteroatoms.